The molecule has 0 unspecified atom stereocenters. The van der Waals surface area contributed by atoms with E-state index in [2.05, 4.69) is 74.0 Å². The van der Waals surface area contributed by atoms with Gasteiger partial charge in [0.25, 0.3) is 0 Å². The van der Waals surface area contributed by atoms with E-state index in [0.29, 0.717) is 24.7 Å². The Morgan fingerprint density at radius 3 is 1.49 bits per heavy atom. The van der Waals surface area contributed by atoms with Crippen LogP contribution in [0, 0.1) is 16.6 Å². The van der Waals surface area contributed by atoms with Crippen LogP contribution in [0.2, 0.25) is 0 Å². The zero-order valence-corrected chi connectivity index (χ0v) is 39.3. The van der Waals surface area contributed by atoms with Crippen LogP contribution < -0.4 is 15.5 Å². The van der Waals surface area contributed by atoms with Crippen LogP contribution in [0.4, 0.5) is 19.7 Å². The van der Waals surface area contributed by atoms with Crippen LogP contribution >= 0.6 is 0 Å². The van der Waals surface area contributed by atoms with Crippen molar-refractivity contribution in [1.82, 2.24) is 40.4 Å². The van der Waals surface area contributed by atoms with Gasteiger partial charge >= 0.3 is 12.2 Å². The van der Waals surface area contributed by atoms with Crippen LogP contribution in [-0.2, 0) is 14.3 Å². The number of anilines is 1. The summed E-state index contributed by atoms with van der Waals surface area (Å²) in [5.74, 6) is 0.644. The fourth-order valence-electron chi connectivity index (χ4n) is 10.1. The minimum Gasteiger partial charge on any atom is -0.465 e. The molecule has 0 aliphatic carbocycles. The van der Waals surface area contributed by atoms with Gasteiger partial charge in [0.1, 0.15) is 29.5 Å². The Labute approximate surface area is 390 Å². The van der Waals surface area contributed by atoms with Gasteiger partial charge in [-0.25, -0.2) is 23.9 Å². The van der Waals surface area contributed by atoms with Crippen molar-refractivity contribution >= 4 is 29.7 Å². The number of ether oxygens (including phenoxy) is 1. The number of alkyl carbamates (subject to hydrolysis) is 1. The van der Waals surface area contributed by atoms with Gasteiger partial charge in [-0.3, -0.25) is 9.59 Å². The first kappa shape index (κ1) is 46.8. The Morgan fingerprint density at radius 2 is 1.09 bits per heavy atom. The maximum atomic E-state index is 14.3. The predicted molar refractivity (Wildman–Crippen MR) is 252 cm³/mol. The van der Waals surface area contributed by atoms with E-state index in [1.807, 2.05) is 71.0 Å². The maximum absolute atomic E-state index is 14.3. The molecule has 0 saturated carbocycles. The Morgan fingerprint density at radius 1 is 0.657 bits per heavy atom. The predicted octanol–water partition coefficient (Wildman–Crippen LogP) is 9.47. The standard InChI is InChI=1S/C51H62FN9O6/c1-50(2,3)42(57-48(64)65)46(62)59-26-8-10-40(59)44-53-28-36(55-44)30-12-16-32(17-13-30)38-24-25-39(61(38)35-22-20-34(52)21-23-35)33-18-14-31(15-19-33)37-29-54-45(56-37)41-11-9-27-60(41)47(63)43(51(4,5)6)58-49(66)67-7/h12-23,28-29,38-43,57H,8-11,24-27H2,1-7H3,(H,53,55)(H,54,56)(H,58,66)(H,64,65)/t38-,39-,40-,41-,42+,43+/m0/s1. The molecule has 8 rings (SSSR count). The van der Waals surface area contributed by atoms with Crippen molar-refractivity contribution in [3.8, 4) is 22.5 Å². The highest BCUT2D eigenvalue weighted by Crippen LogP contribution is 2.47. The van der Waals surface area contributed by atoms with Crippen LogP contribution in [0.15, 0.2) is 85.2 Å². The first-order chi connectivity index (χ1) is 31.9. The average molecular weight is 916 g/mol. The number of nitrogens with zero attached hydrogens (tertiary/aromatic N) is 5. The molecular formula is C51H62FN9O6. The minimum atomic E-state index is -1.23. The summed E-state index contributed by atoms with van der Waals surface area (Å²) in [5.41, 5.74) is 5.37. The summed E-state index contributed by atoms with van der Waals surface area (Å²) < 4.78 is 19.1. The summed E-state index contributed by atoms with van der Waals surface area (Å²) in [4.78, 5) is 73.9. The van der Waals surface area contributed by atoms with Crippen molar-refractivity contribution in [2.45, 2.75) is 116 Å². The smallest absolute Gasteiger partial charge is 0.407 e. The van der Waals surface area contributed by atoms with Crippen LogP contribution in [-0.4, -0.2) is 91.1 Å². The second-order valence-corrected chi connectivity index (χ2v) is 20.1. The molecule has 67 heavy (non-hydrogen) atoms. The minimum absolute atomic E-state index is 0.0128. The molecule has 2 aromatic heterocycles. The molecule has 5 aromatic rings. The van der Waals surface area contributed by atoms with E-state index >= 15 is 0 Å². The molecule has 5 heterocycles. The number of likely N-dealkylation sites (tertiary alicyclic amines) is 2. The third kappa shape index (κ3) is 9.89. The third-order valence-electron chi connectivity index (χ3n) is 13.5. The number of nitrogens with one attached hydrogen (secondary N) is 4. The summed E-state index contributed by atoms with van der Waals surface area (Å²) in [7, 11) is 1.29. The number of carbonyl (C=O) groups is 4. The molecule has 15 nitrogen and oxygen atoms in total. The molecule has 3 aliphatic rings. The number of imidazole rings is 2. The lowest BCUT2D eigenvalue weighted by molar-refractivity contribution is -0.137. The van der Waals surface area contributed by atoms with E-state index in [0.717, 1.165) is 77.9 Å². The zero-order valence-electron chi connectivity index (χ0n) is 39.3. The molecule has 3 aromatic carbocycles. The summed E-state index contributed by atoms with van der Waals surface area (Å²) >= 11 is 0. The number of carboxylic acid groups (broad SMARTS) is 1. The number of amides is 4. The molecule has 354 valence electrons. The van der Waals surface area contributed by atoms with Crippen molar-refractivity contribution in [3.05, 3.63) is 114 Å². The highest BCUT2D eigenvalue weighted by atomic mass is 19.1. The van der Waals surface area contributed by atoms with Crippen molar-refractivity contribution in [3.63, 3.8) is 0 Å². The number of rotatable bonds is 11. The second kappa shape index (κ2) is 18.9. The number of aromatic nitrogens is 4. The highest BCUT2D eigenvalue weighted by Gasteiger charge is 2.43. The topological polar surface area (TPSA) is 189 Å². The Balaban J connectivity index is 0.981. The lowest BCUT2D eigenvalue weighted by atomic mass is 9.85. The number of halogens is 1. The Kier molecular flexibility index (Phi) is 13.2. The molecule has 5 N–H and O–H groups in total. The number of benzene rings is 3. The average Bonchev–Trinajstić information content (AvgIpc) is 4.16. The molecule has 0 spiro atoms. The molecule has 3 saturated heterocycles. The van der Waals surface area contributed by atoms with E-state index in [1.165, 1.54) is 19.2 Å². The van der Waals surface area contributed by atoms with E-state index in [1.54, 1.807) is 4.90 Å². The van der Waals surface area contributed by atoms with Crippen molar-refractivity contribution in [1.29, 1.82) is 0 Å². The lowest BCUT2D eigenvalue weighted by Gasteiger charge is -2.35. The van der Waals surface area contributed by atoms with E-state index < -0.39 is 35.1 Å². The van der Waals surface area contributed by atoms with Crippen LogP contribution in [0.25, 0.3) is 22.5 Å². The number of methoxy groups -OCH3 is 1. The summed E-state index contributed by atoms with van der Waals surface area (Å²) in [6, 6.07) is 21.3. The van der Waals surface area contributed by atoms with Gasteiger partial charge in [0.15, 0.2) is 0 Å². The number of H-pyrrole nitrogens is 2. The summed E-state index contributed by atoms with van der Waals surface area (Å²) in [5, 5.41) is 14.7. The molecule has 6 atom stereocenters. The van der Waals surface area contributed by atoms with Crippen molar-refractivity contribution in [2.24, 2.45) is 10.8 Å². The normalized spacial score (nSPS) is 20.7. The second-order valence-electron chi connectivity index (χ2n) is 20.1. The van der Waals surface area contributed by atoms with Crippen LogP contribution in [0.3, 0.4) is 0 Å². The fourth-order valence-corrected chi connectivity index (χ4v) is 10.1. The maximum Gasteiger partial charge on any atom is 0.407 e. The lowest BCUT2D eigenvalue weighted by Crippen LogP contribution is -2.54. The van der Waals surface area contributed by atoms with Gasteiger partial charge in [-0.15, -0.1) is 0 Å². The molecule has 4 amide bonds. The molecule has 0 bridgehead atoms. The molecule has 0 radical (unpaired) electrons. The number of hydrogen-bond acceptors (Lipinski definition) is 8. The Hall–Kier alpha value is -6.71. The van der Waals surface area contributed by atoms with Gasteiger partial charge in [0, 0.05) is 42.3 Å². The van der Waals surface area contributed by atoms with Crippen molar-refractivity contribution < 1.29 is 33.4 Å². The third-order valence-corrected chi connectivity index (χ3v) is 13.5. The van der Waals surface area contributed by atoms with E-state index in [-0.39, 0.29) is 41.8 Å². The van der Waals surface area contributed by atoms with Crippen molar-refractivity contribution in [2.75, 3.05) is 25.1 Å². The molecule has 3 aliphatic heterocycles. The molecule has 16 heteroatoms. The van der Waals surface area contributed by atoms with Gasteiger partial charge < -0.3 is 45.1 Å². The van der Waals surface area contributed by atoms with Gasteiger partial charge in [-0.05, 0) is 84.7 Å². The molecular weight excluding hydrogens is 854 g/mol. The first-order valence-corrected chi connectivity index (χ1v) is 23.2. The largest absolute Gasteiger partial charge is 0.465 e. The zero-order chi connectivity index (χ0) is 47.8. The Bertz CT molecular complexity index is 2560. The van der Waals surface area contributed by atoms with E-state index in [9.17, 15) is 28.7 Å². The highest BCUT2D eigenvalue weighted by molar-refractivity contribution is 5.87. The number of hydrogen-bond donors (Lipinski definition) is 5. The first-order valence-electron chi connectivity index (χ1n) is 23.2. The molecule has 3 fully saturated rings. The van der Waals surface area contributed by atoms with Crippen LogP contribution in [0.1, 0.15) is 127 Å². The fraction of sp³-hybridized carbons (Fsp3) is 0.451. The number of carbonyl (C=O) groups excluding carboxylic acids is 3. The van der Waals surface area contributed by atoms with Gasteiger partial charge in [0.05, 0.1) is 42.7 Å². The quantitative estimate of drug-likeness (QED) is 0.0860. The van der Waals surface area contributed by atoms with Crippen LogP contribution in [0.5, 0.6) is 0 Å². The SMILES string of the molecule is COC(=O)N[C@H](C(=O)N1CCC[C@H]1c1nc(-c2ccc([C@@H]3CC[C@@H](c4ccc(-c5c[nH]c([C@@H]6CCCN6C(=O)[C@@H](NC(=O)O)C(C)(C)C)n5)cc4)N3c3ccc(F)cc3)cc2)c[nH]1)C(C)(C)C. The van der Waals surface area contributed by atoms with E-state index in [4.69, 9.17) is 14.7 Å². The summed E-state index contributed by atoms with van der Waals surface area (Å²) in [6.45, 7) is 12.4. The van der Waals surface area contributed by atoms with Gasteiger partial charge in [-0.1, -0.05) is 90.1 Å². The van der Waals surface area contributed by atoms with Gasteiger partial charge in [0.2, 0.25) is 11.8 Å². The monoisotopic (exact) mass is 915 g/mol. The number of aromatic amines is 2. The summed E-state index contributed by atoms with van der Waals surface area (Å²) in [6.07, 6.45) is 6.67. The van der Waals surface area contributed by atoms with Gasteiger partial charge in [-0.2, -0.15) is 0 Å².